The zero-order valence-corrected chi connectivity index (χ0v) is 13.6. The second-order valence-corrected chi connectivity index (χ2v) is 6.81. The summed E-state index contributed by atoms with van der Waals surface area (Å²) in [7, 11) is 0. The number of amides is 1. The summed E-state index contributed by atoms with van der Waals surface area (Å²) in [5.74, 6) is 1.39. The summed E-state index contributed by atoms with van der Waals surface area (Å²) in [4.78, 5) is 20.8. The minimum absolute atomic E-state index is 0.0491. The molecule has 0 bridgehead atoms. The maximum atomic E-state index is 11.8. The molecule has 0 saturated heterocycles. The number of hydrogen-bond donors (Lipinski definition) is 1. The van der Waals surface area contributed by atoms with Crippen LogP contribution in [0.25, 0.3) is 0 Å². The molecule has 0 atom stereocenters. The lowest BCUT2D eigenvalue weighted by Gasteiger charge is -2.20. The molecule has 1 rings (SSSR count). The standard InChI is InChI=1S/C16H27N3O/c1-11(2)9-13-10-12(3)17-14(18-13)7-8-15(20)19-16(4,5)6/h10-11H,7-9H2,1-6H3,(H,19,20). The molecule has 112 valence electrons. The van der Waals surface area contributed by atoms with Crippen LogP contribution in [-0.4, -0.2) is 21.4 Å². The molecular weight excluding hydrogens is 250 g/mol. The van der Waals surface area contributed by atoms with Crippen LogP contribution >= 0.6 is 0 Å². The third-order valence-electron chi connectivity index (χ3n) is 2.66. The highest BCUT2D eigenvalue weighted by Crippen LogP contribution is 2.09. The van der Waals surface area contributed by atoms with Crippen LogP contribution in [0.2, 0.25) is 0 Å². The van der Waals surface area contributed by atoms with Gasteiger partial charge in [0.25, 0.3) is 0 Å². The Morgan fingerprint density at radius 2 is 1.95 bits per heavy atom. The molecule has 0 aromatic carbocycles. The Labute approximate surface area is 122 Å². The third kappa shape index (κ3) is 6.64. The van der Waals surface area contributed by atoms with Gasteiger partial charge in [0.1, 0.15) is 5.82 Å². The van der Waals surface area contributed by atoms with Crippen molar-refractivity contribution in [3.63, 3.8) is 0 Å². The first-order valence-electron chi connectivity index (χ1n) is 7.30. The van der Waals surface area contributed by atoms with Gasteiger partial charge in [0.15, 0.2) is 0 Å². The van der Waals surface area contributed by atoms with Gasteiger partial charge in [0, 0.05) is 29.8 Å². The first-order chi connectivity index (χ1) is 9.15. The predicted octanol–water partition coefficient (Wildman–Crippen LogP) is 2.83. The molecule has 4 nitrogen and oxygen atoms in total. The number of nitrogens with zero attached hydrogens (tertiary/aromatic N) is 2. The number of carbonyl (C=O) groups is 1. The van der Waals surface area contributed by atoms with E-state index < -0.39 is 0 Å². The zero-order valence-electron chi connectivity index (χ0n) is 13.6. The average molecular weight is 277 g/mol. The Morgan fingerprint density at radius 3 is 2.50 bits per heavy atom. The van der Waals surface area contributed by atoms with E-state index in [2.05, 4.69) is 29.1 Å². The van der Waals surface area contributed by atoms with E-state index >= 15 is 0 Å². The molecule has 1 heterocycles. The molecule has 0 aliphatic rings. The van der Waals surface area contributed by atoms with E-state index in [1.54, 1.807) is 0 Å². The maximum absolute atomic E-state index is 11.8. The van der Waals surface area contributed by atoms with E-state index in [9.17, 15) is 4.79 Å². The molecule has 0 radical (unpaired) electrons. The largest absolute Gasteiger partial charge is 0.351 e. The number of aryl methyl sites for hydroxylation is 2. The van der Waals surface area contributed by atoms with E-state index in [0.717, 1.165) is 23.6 Å². The zero-order chi connectivity index (χ0) is 15.3. The lowest BCUT2D eigenvalue weighted by atomic mass is 10.1. The summed E-state index contributed by atoms with van der Waals surface area (Å²) in [6, 6.07) is 2.03. The van der Waals surface area contributed by atoms with Gasteiger partial charge in [-0.25, -0.2) is 9.97 Å². The summed E-state index contributed by atoms with van der Waals surface area (Å²) in [5, 5.41) is 2.96. The van der Waals surface area contributed by atoms with Crippen molar-refractivity contribution in [2.75, 3.05) is 0 Å². The van der Waals surface area contributed by atoms with Gasteiger partial charge in [-0.3, -0.25) is 4.79 Å². The fourth-order valence-corrected chi connectivity index (χ4v) is 2.04. The van der Waals surface area contributed by atoms with Crippen molar-refractivity contribution in [1.29, 1.82) is 0 Å². The number of rotatable bonds is 5. The highest BCUT2D eigenvalue weighted by atomic mass is 16.1. The fourth-order valence-electron chi connectivity index (χ4n) is 2.04. The van der Waals surface area contributed by atoms with Gasteiger partial charge in [0.05, 0.1) is 0 Å². The Hall–Kier alpha value is -1.45. The van der Waals surface area contributed by atoms with Crippen LogP contribution in [0.3, 0.4) is 0 Å². The van der Waals surface area contributed by atoms with Crippen molar-refractivity contribution in [2.45, 2.75) is 66.3 Å². The van der Waals surface area contributed by atoms with Gasteiger partial charge in [-0.2, -0.15) is 0 Å². The molecule has 0 saturated carbocycles. The summed E-state index contributed by atoms with van der Waals surface area (Å²) in [6.07, 6.45) is 1.97. The van der Waals surface area contributed by atoms with E-state index in [1.807, 2.05) is 33.8 Å². The summed E-state index contributed by atoms with van der Waals surface area (Å²) < 4.78 is 0. The third-order valence-corrected chi connectivity index (χ3v) is 2.66. The summed E-state index contributed by atoms with van der Waals surface area (Å²) in [5.41, 5.74) is 1.86. The Bertz CT molecular complexity index is 461. The molecule has 20 heavy (non-hydrogen) atoms. The van der Waals surface area contributed by atoms with Crippen molar-refractivity contribution < 1.29 is 4.79 Å². The minimum atomic E-state index is -0.187. The van der Waals surface area contributed by atoms with E-state index in [0.29, 0.717) is 18.8 Å². The molecule has 0 aliphatic carbocycles. The lowest BCUT2D eigenvalue weighted by molar-refractivity contribution is -0.122. The van der Waals surface area contributed by atoms with Crippen molar-refractivity contribution in [1.82, 2.24) is 15.3 Å². The van der Waals surface area contributed by atoms with Crippen LogP contribution in [0.5, 0.6) is 0 Å². The Morgan fingerprint density at radius 1 is 1.30 bits per heavy atom. The van der Waals surface area contributed by atoms with Crippen LogP contribution in [0.4, 0.5) is 0 Å². The van der Waals surface area contributed by atoms with Crippen molar-refractivity contribution in [2.24, 2.45) is 5.92 Å². The number of nitrogens with one attached hydrogen (secondary N) is 1. The molecule has 1 N–H and O–H groups in total. The molecule has 0 unspecified atom stereocenters. The lowest BCUT2D eigenvalue weighted by Crippen LogP contribution is -2.40. The smallest absolute Gasteiger partial charge is 0.220 e. The van der Waals surface area contributed by atoms with Crippen LogP contribution < -0.4 is 5.32 Å². The second-order valence-electron chi connectivity index (χ2n) is 6.81. The number of carbonyl (C=O) groups excluding carboxylic acids is 1. The SMILES string of the molecule is Cc1cc(CC(C)C)nc(CCC(=O)NC(C)(C)C)n1. The minimum Gasteiger partial charge on any atom is -0.351 e. The Balaban J connectivity index is 2.64. The van der Waals surface area contributed by atoms with E-state index in [-0.39, 0.29) is 11.4 Å². The summed E-state index contributed by atoms with van der Waals surface area (Å²) in [6.45, 7) is 12.3. The number of hydrogen-bond acceptors (Lipinski definition) is 3. The molecule has 1 aromatic heterocycles. The fraction of sp³-hybridized carbons (Fsp3) is 0.688. The normalized spacial score (nSPS) is 11.8. The number of aromatic nitrogens is 2. The van der Waals surface area contributed by atoms with Gasteiger partial charge in [-0.05, 0) is 46.1 Å². The van der Waals surface area contributed by atoms with Crippen LogP contribution in [0, 0.1) is 12.8 Å². The molecule has 0 spiro atoms. The van der Waals surface area contributed by atoms with E-state index in [4.69, 9.17) is 0 Å². The highest BCUT2D eigenvalue weighted by molar-refractivity contribution is 5.76. The molecule has 1 amide bonds. The van der Waals surface area contributed by atoms with E-state index in [1.165, 1.54) is 0 Å². The Kier molecular flexibility index (Phi) is 5.66. The maximum Gasteiger partial charge on any atom is 0.220 e. The monoisotopic (exact) mass is 277 g/mol. The van der Waals surface area contributed by atoms with Gasteiger partial charge in [-0.15, -0.1) is 0 Å². The average Bonchev–Trinajstić information content (AvgIpc) is 2.22. The molecule has 1 aromatic rings. The van der Waals surface area contributed by atoms with Gasteiger partial charge >= 0.3 is 0 Å². The highest BCUT2D eigenvalue weighted by Gasteiger charge is 2.14. The predicted molar refractivity (Wildman–Crippen MR) is 81.5 cm³/mol. The summed E-state index contributed by atoms with van der Waals surface area (Å²) >= 11 is 0. The first kappa shape index (κ1) is 16.6. The van der Waals surface area contributed by atoms with Crippen molar-refractivity contribution in [3.8, 4) is 0 Å². The molecule has 4 heteroatoms. The van der Waals surface area contributed by atoms with Gasteiger partial charge < -0.3 is 5.32 Å². The van der Waals surface area contributed by atoms with Gasteiger partial charge in [-0.1, -0.05) is 13.8 Å². The van der Waals surface area contributed by atoms with Crippen molar-refractivity contribution in [3.05, 3.63) is 23.3 Å². The first-order valence-corrected chi connectivity index (χ1v) is 7.30. The topological polar surface area (TPSA) is 54.9 Å². The van der Waals surface area contributed by atoms with Crippen molar-refractivity contribution >= 4 is 5.91 Å². The second kappa shape index (κ2) is 6.82. The quantitative estimate of drug-likeness (QED) is 0.900. The van der Waals surface area contributed by atoms with Crippen LogP contribution in [-0.2, 0) is 17.6 Å². The molecular formula is C16H27N3O. The molecule has 0 aliphatic heterocycles. The van der Waals surface area contributed by atoms with Crippen LogP contribution in [0.15, 0.2) is 6.07 Å². The van der Waals surface area contributed by atoms with Gasteiger partial charge in [0.2, 0.25) is 5.91 Å². The molecule has 0 fully saturated rings. The van der Waals surface area contributed by atoms with Crippen LogP contribution in [0.1, 0.15) is 58.3 Å².